The van der Waals surface area contributed by atoms with Gasteiger partial charge in [-0.15, -0.1) is 0 Å². The van der Waals surface area contributed by atoms with E-state index in [1.54, 1.807) is 23.2 Å². The number of amides is 1. The summed E-state index contributed by atoms with van der Waals surface area (Å²) in [6.07, 6.45) is 5.10. The van der Waals surface area contributed by atoms with Crippen LogP contribution in [0, 0.1) is 6.92 Å². The number of carbonyl (C=O) groups is 1. The number of H-pyrrole nitrogens is 1. The van der Waals surface area contributed by atoms with Crippen LogP contribution in [0.2, 0.25) is 0 Å². The van der Waals surface area contributed by atoms with Crippen molar-refractivity contribution >= 4 is 28.7 Å². The van der Waals surface area contributed by atoms with Gasteiger partial charge >= 0.3 is 0 Å². The van der Waals surface area contributed by atoms with E-state index in [0.717, 1.165) is 60.6 Å². The number of rotatable bonds is 6. The number of aryl methyl sites for hydroxylation is 1. The lowest BCUT2D eigenvalue weighted by Crippen LogP contribution is -2.35. The summed E-state index contributed by atoms with van der Waals surface area (Å²) in [6.45, 7) is 8.08. The molecule has 1 aliphatic rings. The summed E-state index contributed by atoms with van der Waals surface area (Å²) < 4.78 is 5.41. The zero-order valence-corrected chi connectivity index (χ0v) is 19.0. The maximum atomic E-state index is 12.8. The summed E-state index contributed by atoms with van der Waals surface area (Å²) >= 11 is 0. The second-order valence-corrected chi connectivity index (χ2v) is 8.42. The SMILES string of the molecule is Cc1cccc2cc(C(C)N(C)C(=O)C=Cc3cnc(N)c(CN4CCOCC4)c3)[nH]c12. The number of ether oxygens (including phenoxy) is 1. The van der Waals surface area contributed by atoms with Crippen LogP contribution in [0.4, 0.5) is 5.82 Å². The summed E-state index contributed by atoms with van der Waals surface area (Å²) in [4.78, 5) is 24.7. The Kier molecular flexibility index (Phi) is 6.58. The number of pyridine rings is 1. The van der Waals surface area contributed by atoms with Gasteiger partial charge in [0.25, 0.3) is 0 Å². The molecule has 7 heteroatoms. The van der Waals surface area contributed by atoms with Crippen LogP contribution in [0.5, 0.6) is 0 Å². The van der Waals surface area contributed by atoms with E-state index in [9.17, 15) is 4.79 Å². The number of nitrogens with zero attached hydrogens (tertiary/aromatic N) is 3. The van der Waals surface area contributed by atoms with Gasteiger partial charge in [-0.2, -0.15) is 0 Å². The number of para-hydroxylation sites is 1. The summed E-state index contributed by atoms with van der Waals surface area (Å²) in [5.41, 5.74) is 11.2. The molecule has 1 aromatic carbocycles. The van der Waals surface area contributed by atoms with Crippen molar-refractivity contribution in [2.75, 3.05) is 39.1 Å². The summed E-state index contributed by atoms with van der Waals surface area (Å²) in [6, 6.07) is 10.2. The van der Waals surface area contributed by atoms with Gasteiger partial charge in [-0.05, 0) is 48.6 Å². The first-order valence-electron chi connectivity index (χ1n) is 11.0. The highest BCUT2D eigenvalue weighted by atomic mass is 16.5. The van der Waals surface area contributed by atoms with Crippen LogP contribution in [0.15, 0.2) is 42.6 Å². The monoisotopic (exact) mass is 433 g/mol. The Balaban J connectivity index is 1.44. The van der Waals surface area contributed by atoms with Gasteiger partial charge in [0, 0.05) is 55.7 Å². The van der Waals surface area contributed by atoms with Gasteiger partial charge in [-0.1, -0.05) is 18.2 Å². The molecule has 3 heterocycles. The molecule has 1 amide bonds. The number of likely N-dealkylation sites (N-methyl/N-ethyl adjacent to an activating group) is 1. The Morgan fingerprint density at radius 3 is 2.88 bits per heavy atom. The molecule has 1 atom stereocenters. The fraction of sp³-hybridized carbons (Fsp3) is 0.360. The summed E-state index contributed by atoms with van der Waals surface area (Å²) in [7, 11) is 1.82. The molecule has 32 heavy (non-hydrogen) atoms. The molecule has 3 N–H and O–H groups in total. The first-order valence-corrected chi connectivity index (χ1v) is 11.0. The van der Waals surface area contributed by atoms with Crippen LogP contribution in [0.25, 0.3) is 17.0 Å². The second kappa shape index (κ2) is 9.54. The van der Waals surface area contributed by atoms with Gasteiger partial charge in [0.15, 0.2) is 0 Å². The minimum absolute atomic E-state index is 0.0700. The van der Waals surface area contributed by atoms with Gasteiger partial charge < -0.3 is 20.4 Å². The normalized spacial score (nSPS) is 16.0. The molecule has 168 valence electrons. The predicted molar refractivity (Wildman–Crippen MR) is 128 cm³/mol. The van der Waals surface area contributed by atoms with E-state index < -0.39 is 0 Å². The number of nitrogen functional groups attached to an aromatic ring is 1. The number of hydrogen-bond acceptors (Lipinski definition) is 5. The largest absolute Gasteiger partial charge is 0.383 e. The fourth-order valence-corrected chi connectivity index (χ4v) is 4.00. The van der Waals surface area contributed by atoms with Crippen molar-refractivity contribution in [2.45, 2.75) is 26.4 Å². The minimum atomic E-state index is -0.0830. The molecule has 2 aromatic heterocycles. The fourth-order valence-electron chi connectivity index (χ4n) is 4.00. The van der Waals surface area contributed by atoms with Gasteiger partial charge in [-0.25, -0.2) is 4.98 Å². The molecule has 1 saturated heterocycles. The van der Waals surface area contributed by atoms with E-state index >= 15 is 0 Å². The lowest BCUT2D eigenvalue weighted by Gasteiger charge is -2.26. The van der Waals surface area contributed by atoms with Gasteiger partial charge in [0.05, 0.1) is 19.3 Å². The highest BCUT2D eigenvalue weighted by molar-refractivity contribution is 5.92. The number of carbonyl (C=O) groups excluding carboxylic acids is 1. The van der Waals surface area contributed by atoms with Crippen molar-refractivity contribution in [1.82, 2.24) is 19.8 Å². The second-order valence-electron chi connectivity index (χ2n) is 8.42. The van der Waals surface area contributed by atoms with Crippen molar-refractivity contribution in [3.8, 4) is 0 Å². The zero-order chi connectivity index (χ0) is 22.7. The maximum Gasteiger partial charge on any atom is 0.246 e. The van der Waals surface area contributed by atoms with Gasteiger partial charge in [0.1, 0.15) is 5.82 Å². The number of hydrogen-bond donors (Lipinski definition) is 2. The molecule has 1 unspecified atom stereocenters. The first kappa shape index (κ1) is 22.0. The number of anilines is 1. The van der Waals surface area contributed by atoms with E-state index in [4.69, 9.17) is 10.5 Å². The number of aromatic nitrogens is 2. The third-order valence-corrected chi connectivity index (χ3v) is 6.20. The molecule has 0 aliphatic carbocycles. The topological polar surface area (TPSA) is 87.5 Å². The third-order valence-electron chi connectivity index (χ3n) is 6.20. The van der Waals surface area contributed by atoms with E-state index in [2.05, 4.69) is 40.0 Å². The van der Waals surface area contributed by atoms with Crippen LogP contribution in [-0.4, -0.2) is 59.0 Å². The summed E-state index contributed by atoms with van der Waals surface area (Å²) in [5, 5.41) is 1.16. The van der Waals surface area contributed by atoms with Crippen molar-refractivity contribution in [3.05, 3.63) is 65.0 Å². The minimum Gasteiger partial charge on any atom is -0.383 e. The number of aromatic amines is 1. The molecule has 1 fully saturated rings. The zero-order valence-electron chi connectivity index (χ0n) is 19.0. The number of nitrogens with one attached hydrogen (secondary N) is 1. The van der Waals surface area contributed by atoms with E-state index in [0.29, 0.717) is 5.82 Å². The lowest BCUT2D eigenvalue weighted by molar-refractivity contribution is -0.126. The maximum absolute atomic E-state index is 12.8. The molecular formula is C25H31N5O2. The number of nitrogens with two attached hydrogens (primary N) is 1. The Bertz CT molecular complexity index is 1130. The van der Waals surface area contributed by atoms with Crippen molar-refractivity contribution in [2.24, 2.45) is 0 Å². The molecule has 4 rings (SSSR count). The van der Waals surface area contributed by atoms with Crippen LogP contribution in [-0.2, 0) is 16.1 Å². The van der Waals surface area contributed by atoms with Crippen LogP contribution < -0.4 is 5.73 Å². The number of benzene rings is 1. The van der Waals surface area contributed by atoms with Gasteiger partial charge in [0.2, 0.25) is 5.91 Å². The highest BCUT2D eigenvalue weighted by Crippen LogP contribution is 2.25. The van der Waals surface area contributed by atoms with E-state index in [-0.39, 0.29) is 11.9 Å². The van der Waals surface area contributed by atoms with E-state index in [1.807, 2.05) is 26.1 Å². The first-order chi connectivity index (χ1) is 15.4. The predicted octanol–water partition coefficient (Wildman–Crippen LogP) is 3.52. The van der Waals surface area contributed by atoms with Gasteiger partial charge in [-0.3, -0.25) is 9.69 Å². The lowest BCUT2D eigenvalue weighted by atomic mass is 10.1. The molecule has 3 aromatic rings. The quantitative estimate of drug-likeness (QED) is 0.581. The van der Waals surface area contributed by atoms with Crippen LogP contribution in [0.3, 0.4) is 0 Å². The van der Waals surface area contributed by atoms with Crippen molar-refractivity contribution in [3.63, 3.8) is 0 Å². The van der Waals surface area contributed by atoms with E-state index in [1.165, 1.54) is 5.56 Å². The van der Waals surface area contributed by atoms with Crippen molar-refractivity contribution < 1.29 is 9.53 Å². The van der Waals surface area contributed by atoms with Crippen LogP contribution in [0.1, 0.15) is 35.3 Å². The number of fused-ring (bicyclic) bond motifs is 1. The molecule has 0 spiro atoms. The number of morpholine rings is 1. The Morgan fingerprint density at radius 2 is 2.12 bits per heavy atom. The standard InChI is InChI=1S/C25H31N5O2/c1-17-5-4-6-20-14-22(28-24(17)20)18(2)29(3)23(31)8-7-19-13-21(25(26)27-15-19)16-30-9-11-32-12-10-30/h4-8,13-15,18,28H,9-12,16H2,1-3H3,(H2,26,27). The smallest absolute Gasteiger partial charge is 0.246 e. The van der Waals surface area contributed by atoms with Crippen molar-refractivity contribution in [1.29, 1.82) is 0 Å². The third kappa shape index (κ3) is 4.84. The molecule has 0 saturated carbocycles. The molecule has 0 bridgehead atoms. The Morgan fingerprint density at radius 1 is 1.34 bits per heavy atom. The molecule has 0 radical (unpaired) electrons. The highest BCUT2D eigenvalue weighted by Gasteiger charge is 2.18. The average molecular weight is 434 g/mol. The molecule has 1 aliphatic heterocycles. The Hall–Kier alpha value is -3.16. The average Bonchev–Trinajstić information content (AvgIpc) is 3.25. The summed E-state index contributed by atoms with van der Waals surface area (Å²) in [5.74, 6) is 0.458. The molecular weight excluding hydrogens is 402 g/mol. The molecule has 7 nitrogen and oxygen atoms in total. The Labute approximate surface area is 188 Å². The van der Waals surface area contributed by atoms with Crippen LogP contribution >= 0.6 is 0 Å².